The molecule has 1 fully saturated rings. The Morgan fingerprint density at radius 2 is 1.64 bits per heavy atom. The summed E-state index contributed by atoms with van der Waals surface area (Å²) in [5, 5.41) is 12.6. The molecule has 2 aliphatic rings. The van der Waals surface area contributed by atoms with Gasteiger partial charge in [-0.25, -0.2) is 13.1 Å². The standard InChI is InChI=1S/C25H31F3N2O5S/c1-24(2,23(32)33)21(16-6-4-3-5-7-16)29-22(31)17-8-12-19(13-9-17)30-36(34,35)20-14-10-18(11-15-20)25(26,27)28/h4,6-7,10-11,14-15,17,19,21,30H,3,5,8-9,12-13H2,1-2H3,(H,29,31)(H,32,33). The van der Waals surface area contributed by atoms with Gasteiger partial charge in [0.1, 0.15) is 0 Å². The smallest absolute Gasteiger partial charge is 0.416 e. The minimum atomic E-state index is -4.56. The number of halogens is 3. The summed E-state index contributed by atoms with van der Waals surface area (Å²) < 4.78 is 66.0. The number of hydrogen-bond acceptors (Lipinski definition) is 4. The summed E-state index contributed by atoms with van der Waals surface area (Å²) in [7, 11) is -4.02. The number of amides is 1. The first-order valence-electron chi connectivity index (χ1n) is 11.8. The molecule has 11 heteroatoms. The van der Waals surface area contributed by atoms with E-state index in [2.05, 4.69) is 10.0 Å². The van der Waals surface area contributed by atoms with Gasteiger partial charge >= 0.3 is 12.1 Å². The molecule has 0 aromatic heterocycles. The van der Waals surface area contributed by atoms with Crippen molar-refractivity contribution in [1.82, 2.24) is 10.0 Å². The van der Waals surface area contributed by atoms with Crippen molar-refractivity contribution < 1.29 is 36.3 Å². The number of rotatable bonds is 8. The van der Waals surface area contributed by atoms with Crippen molar-refractivity contribution in [3.63, 3.8) is 0 Å². The number of sulfonamides is 1. The van der Waals surface area contributed by atoms with Crippen LogP contribution in [-0.2, 0) is 25.8 Å². The summed E-state index contributed by atoms with van der Waals surface area (Å²) in [5.74, 6) is -1.72. The normalized spacial score (nSPS) is 22.0. The van der Waals surface area contributed by atoms with E-state index in [9.17, 15) is 36.3 Å². The molecule has 2 aliphatic carbocycles. The Bertz CT molecular complexity index is 1130. The molecule has 3 N–H and O–H groups in total. The zero-order valence-corrected chi connectivity index (χ0v) is 21.0. The summed E-state index contributed by atoms with van der Waals surface area (Å²) in [6, 6.07) is 2.11. The van der Waals surface area contributed by atoms with Gasteiger partial charge in [-0.3, -0.25) is 9.59 Å². The van der Waals surface area contributed by atoms with Crippen molar-refractivity contribution in [1.29, 1.82) is 0 Å². The third-order valence-electron chi connectivity index (χ3n) is 6.83. The lowest BCUT2D eigenvalue weighted by atomic mass is 9.78. The second kappa shape index (κ2) is 10.8. The second-order valence-corrected chi connectivity index (χ2v) is 11.6. The fourth-order valence-corrected chi connectivity index (χ4v) is 5.80. The lowest BCUT2D eigenvalue weighted by molar-refractivity contribution is -0.148. The highest BCUT2D eigenvalue weighted by Gasteiger charge is 2.41. The topological polar surface area (TPSA) is 113 Å². The van der Waals surface area contributed by atoms with Gasteiger partial charge < -0.3 is 10.4 Å². The van der Waals surface area contributed by atoms with E-state index in [1.165, 1.54) is 0 Å². The highest BCUT2D eigenvalue weighted by molar-refractivity contribution is 7.89. The number of alkyl halides is 3. The van der Waals surface area contributed by atoms with Crippen molar-refractivity contribution >= 4 is 21.9 Å². The minimum absolute atomic E-state index is 0.261. The van der Waals surface area contributed by atoms with Gasteiger partial charge in [0.15, 0.2) is 0 Å². The molecule has 7 nitrogen and oxygen atoms in total. The first-order valence-corrected chi connectivity index (χ1v) is 13.3. The minimum Gasteiger partial charge on any atom is -0.481 e. The molecule has 1 saturated carbocycles. The predicted octanol–water partition coefficient (Wildman–Crippen LogP) is 4.41. The molecule has 36 heavy (non-hydrogen) atoms. The van der Waals surface area contributed by atoms with Crippen molar-refractivity contribution in [2.75, 3.05) is 0 Å². The Hall–Kier alpha value is -2.66. The molecule has 0 radical (unpaired) electrons. The number of aliphatic carboxylic acids is 1. The first-order chi connectivity index (χ1) is 16.7. The van der Waals surface area contributed by atoms with E-state index in [-0.39, 0.29) is 10.8 Å². The van der Waals surface area contributed by atoms with Crippen LogP contribution < -0.4 is 10.0 Å². The van der Waals surface area contributed by atoms with Crippen LogP contribution in [-0.4, -0.2) is 37.5 Å². The third kappa shape index (κ3) is 6.56. The quantitative estimate of drug-likeness (QED) is 0.463. The second-order valence-electron chi connectivity index (χ2n) is 9.84. The van der Waals surface area contributed by atoms with E-state index >= 15 is 0 Å². The van der Waals surface area contributed by atoms with Gasteiger partial charge in [0.25, 0.3) is 0 Å². The molecule has 0 heterocycles. The number of carbonyl (C=O) groups is 2. The van der Waals surface area contributed by atoms with Gasteiger partial charge in [-0.05, 0) is 82.2 Å². The monoisotopic (exact) mass is 528 g/mol. The highest BCUT2D eigenvalue weighted by Crippen LogP contribution is 2.32. The van der Waals surface area contributed by atoms with Crippen LogP contribution in [0.5, 0.6) is 0 Å². The Kier molecular flexibility index (Phi) is 8.34. The molecule has 1 aromatic carbocycles. The molecular formula is C25H31F3N2O5S. The average molecular weight is 529 g/mol. The van der Waals surface area contributed by atoms with Crippen LogP contribution in [0, 0.1) is 11.3 Å². The molecule has 1 atom stereocenters. The number of benzene rings is 1. The Labute approximate surface area is 208 Å². The van der Waals surface area contributed by atoms with Crippen molar-refractivity contribution in [3.05, 3.63) is 53.6 Å². The Morgan fingerprint density at radius 1 is 1.03 bits per heavy atom. The molecule has 1 amide bonds. The van der Waals surface area contributed by atoms with Crippen molar-refractivity contribution in [2.45, 2.75) is 75.5 Å². The fourth-order valence-electron chi connectivity index (χ4n) is 4.50. The predicted molar refractivity (Wildman–Crippen MR) is 127 cm³/mol. The van der Waals surface area contributed by atoms with Gasteiger partial charge in [0.2, 0.25) is 15.9 Å². The van der Waals surface area contributed by atoms with Crippen LogP contribution in [0.2, 0.25) is 0 Å². The maximum absolute atomic E-state index is 13.1. The first kappa shape index (κ1) is 27.9. The third-order valence-corrected chi connectivity index (χ3v) is 8.36. The largest absolute Gasteiger partial charge is 0.481 e. The van der Waals surface area contributed by atoms with Crippen molar-refractivity contribution in [3.8, 4) is 0 Å². The Morgan fingerprint density at radius 3 is 2.14 bits per heavy atom. The molecule has 1 unspecified atom stereocenters. The lowest BCUT2D eigenvalue weighted by Crippen LogP contribution is -2.52. The van der Waals surface area contributed by atoms with Crippen LogP contribution in [0.4, 0.5) is 13.2 Å². The molecule has 0 bridgehead atoms. The summed E-state index contributed by atoms with van der Waals surface area (Å²) in [4.78, 5) is 24.7. The van der Waals surface area contributed by atoms with Gasteiger partial charge in [-0.2, -0.15) is 13.2 Å². The van der Waals surface area contributed by atoms with Gasteiger partial charge in [0.05, 0.1) is 21.9 Å². The summed E-state index contributed by atoms with van der Waals surface area (Å²) >= 11 is 0. The number of nitrogens with one attached hydrogen (secondary N) is 2. The van der Waals surface area contributed by atoms with Crippen LogP contribution in [0.25, 0.3) is 0 Å². The van der Waals surface area contributed by atoms with Crippen LogP contribution in [0.3, 0.4) is 0 Å². The molecule has 0 spiro atoms. The zero-order chi connectivity index (χ0) is 26.7. The van der Waals surface area contributed by atoms with E-state index < -0.39 is 51.1 Å². The zero-order valence-electron chi connectivity index (χ0n) is 20.1. The summed E-state index contributed by atoms with van der Waals surface area (Å²) in [6.07, 6.45) is 4.29. The molecule has 198 valence electrons. The average Bonchev–Trinajstić information content (AvgIpc) is 2.82. The highest BCUT2D eigenvalue weighted by atomic mass is 32.2. The lowest BCUT2D eigenvalue weighted by Gasteiger charge is -2.35. The van der Waals surface area contributed by atoms with E-state index in [0.717, 1.165) is 42.7 Å². The van der Waals surface area contributed by atoms with E-state index in [0.29, 0.717) is 25.7 Å². The van der Waals surface area contributed by atoms with Gasteiger partial charge in [0, 0.05) is 12.0 Å². The maximum Gasteiger partial charge on any atom is 0.416 e. The van der Waals surface area contributed by atoms with Crippen LogP contribution >= 0.6 is 0 Å². The van der Waals surface area contributed by atoms with E-state index in [4.69, 9.17) is 0 Å². The van der Waals surface area contributed by atoms with Gasteiger partial charge in [-0.1, -0.05) is 18.2 Å². The SMILES string of the molecule is CC(C)(C(=O)O)C(NC(=O)C1CCC(NS(=O)(=O)c2ccc(C(F)(F)F)cc2)CC1)C1=CCCC=C1. The molecule has 0 saturated heterocycles. The number of carbonyl (C=O) groups excluding carboxylic acids is 1. The molecular weight excluding hydrogens is 497 g/mol. The van der Waals surface area contributed by atoms with E-state index in [1.807, 2.05) is 18.2 Å². The number of allylic oxidation sites excluding steroid dienone is 2. The summed E-state index contributed by atoms with van der Waals surface area (Å²) in [5.41, 5.74) is -1.42. The van der Waals surface area contributed by atoms with Crippen LogP contribution in [0.15, 0.2) is 53.0 Å². The maximum atomic E-state index is 13.1. The summed E-state index contributed by atoms with van der Waals surface area (Å²) in [6.45, 7) is 3.13. The number of carboxylic acids is 1. The molecule has 0 aliphatic heterocycles. The van der Waals surface area contributed by atoms with Crippen molar-refractivity contribution in [2.24, 2.45) is 11.3 Å². The number of hydrogen-bond donors (Lipinski definition) is 3. The number of carboxylic acid groups (broad SMARTS) is 1. The molecule has 1 aromatic rings. The van der Waals surface area contributed by atoms with E-state index in [1.54, 1.807) is 13.8 Å². The van der Waals surface area contributed by atoms with Gasteiger partial charge in [-0.15, -0.1) is 0 Å². The fraction of sp³-hybridized carbons (Fsp3) is 0.520. The van der Waals surface area contributed by atoms with Crippen LogP contribution in [0.1, 0.15) is 57.9 Å². The molecule has 3 rings (SSSR count). The Balaban J connectivity index is 1.61.